The number of halogens is 7. The van der Waals surface area contributed by atoms with E-state index in [0.29, 0.717) is 12.1 Å². The highest BCUT2D eigenvalue weighted by Gasteiger charge is 2.41. The molecule has 2 aromatic heterocycles. The molecule has 0 aliphatic carbocycles. The summed E-state index contributed by atoms with van der Waals surface area (Å²) in [5, 5.41) is 2.43. The number of nitrogens with one attached hydrogen (secondary N) is 1. The van der Waals surface area contributed by atoms with E-state index in [1.54, 1.807) is 20.8 Å². The summed E-state index contributed by atoms with van der Waals surface area (Å²) in [4.78, 5) is 34.2. The van der Waals surface area contributed by atoms with Crippen molar-refractivity contribution in [2.75, 3.05) is 6.54 Å². The molecule has 0 radical (unpaired) electrons. The van der Waals surface area contributed by atoms with Gasteiger partial charge in [0, 0.05) is 49.4 Å². The van der Waals surface area contributed by atoms with Crippen molar-refractivity contribution in [1.82, 2.24) is 24.8 Å². The Bertz CT molecular complexity index is 1500. The number of aromatic nitrogens is 3. The molecule has 1 atom stereocenters. The first-order chi connectivity index (χ1) is 19.5. The molecule has 0 bridgehead atoms. The monoisotopic (exact) mass is 601 g/mol. The molecule has 0 saturated heterocycles. The minimum absolute atomic E-state index is 0.00386. The van der Waals surface area contributed by atoms with Crippen LogP contribution in [-0.2, 0) is 35.2 Å². The Morgan fingerprint density at radius 1 is 1.02 bits per heavy atom. The Balaban J connectivity index is 1.61. The minimum atomic E-state index is -4.83. The molecule has 1 aliphatic heterocycles. The van der Waals surface area contributed by atoms with Crippen molar-refractivity contribution in [3.05, 3.63) is 70.9 Å². The van der Waals surface area contributed by atoms with Gasteiger partial charge in [0.2, 0.25) is 17.7 Å². The zero-order chi connectivity index (χ0) is 31.0. The second kappa shape index (κ2) is 11.6. The third-order valence-corrected chi connectivity index (χ3v) is 6.31. The third-order valence-electron chi connectivity index (χ3n) is 6.31. The zero-order valence-corrected chi connectivity index (χ0v) is 22.7. The molecule has 0 saturated carbocycles. The summed E-state index contributed by atoms with van der Waals surface area (Å²) < 4.78 is 103. The summed E-state index contributed by atoms with van der Waals surface area (Å²) in [7, 11) is 0. The van der Waals surface area contributed by atoms with Crippen LogP contribution in [0.2, 0.25) is 0 Å². The van der Waals surface area contributed by atoms with Crippen LogP contribution in [0.5, 0.6) is 0 Å². The van der Waals surface area contributed by atoms with Gasteiger partial charge in [-0.2, -0.15) is 17.6 Å². The highest BCUT2D eigenvalue weighted by atomic mass is 19.4. The van der Waals surface area contributed by atoms with Gasteiger partial charge in [-0.1, -0.05) is 0 Å². The molecule has 15 heteroatoms. The highest BCUT2D eigenvalue weighted by molar-refractivity contribution is 5.78. The van der Waals surface area contributed by atoms with E-state index in [0.717, 1.165) is 16.8 Å². The van der Waals surface area contributed by atoms with E-state index in [4.69, 9.17) is 4.74 Å². The molecule has 1 unspecified atom stereocenters. The summed E-state index contributed by atoms with van der Waals surface area (Å²) in [5.74, 6) is -6.65. The van der Waals surface area contributed by atoms with Crippen LogP contribution < -0.4 is 5.32 Å². The molecule has 3 heterocycles. The maximum Gasteiger partial charge on any atom is 0.449 e. The lowest BCUT2D eigenvalue weighted by Crippen LogP contribution is -2.45. The minimum Gasteiger partial charge on any atom is -0.444 e. The molecular weight excluding hydrogens is 575 g/mol. The van der Waals surface area contributed by atoms with Crippen molar-refractivity contribution in [3.63, 3.8) is 0 Å². The second-order valence-corrected chi connectivity index (χ2v) is 10.7. The third kappa shape index (κ3) is 7.18. The number of carbonyl (C=O) groups is 2. The van der Waals surface area contributed by atoms with E-state index in [9.17, 15) is 40.3 Å². The SMILES string of the molecule is CC(C)(C)OC(=O)NC(CC(=O)N1CCn2c(C(F)(F)F)nc(-c3ccnc(F)c3)c2C1)Cc1cc(F)c(F)cc1F. The summed E-state index contributed by atoms with van der Waals surface area (Å²) in [6.45, 7) is 3.94. The van der Waals surface area contributed by atoms with Crippen LogP contribution in [0.3, 0.4) is 0 Å². The van der Waals surface area contributed by atoms with Gasteiger partial charge in [0.25, 0.3) is 0 Å². The lowest BCUT2D eigenvalue weighted by Gasteiger charge is -2.31. The lowest BCUT2D eigenvalue weighted by atomic mass is 10.0. The number of alkyl carbamates (subject to hydrolysis) is 1. The fraction of sp³-hybridized carbons (Fsp3) is 0.407. The predicted octanol–water partition coefficient (Wildman–Crippen LogP) is 5.39. The summed E-state index contributed by atoms with van der Waals surface area (Å²) >= 11 is 0. The average Bonchev–Trinajstić information content (AvgIpc) is 3.25. The van der Waals surface area contributed by atoms with Crippen LogP contribution in [0, 0.1) is 23.4 Å². The number of fused-ring (bicyclic) bond motifs is 1. The molecule has 1 aliphatic rings. The zero-order valence-electron chi connectivity index (χ0n) is 22.7. The number of benzene rings is 1. The van der Waals surface area contributed by atoms with Gasteiger partial charge in [-0.3, -0.25) is 4.79 Å². The van der Waals surface area contributed by atoms with E-state index in [2.05, 4.69) is 15.3 Å². The van der Waals surface area contributed by atoms with Gasteiger partial charge in [-0.25, -0.2) is 27.9 Å². The molecule has 4 rings (SSSR count). The van der Waals surface area contributed by atoms with Crippen LogP contribution in [0.1, 0.15) is 44.3 Å². The summed E-state index contributed by atoms with van der Waals surface area (Å²) in [6.07, 6.45) is -5.64. The number of hydrogen-bond acceptors (Lipinski definition) is 5. The largest absolute Gasteiger partial charge is 0.449 e. The van der Waals surface area contributed by atoms with Gasteiger partial charge in [0.1, 0.15) is 11.4 Å². The van der Waals surface area contributed by atoms with Crippen molar-refractivity contribution in [1.29, 1.82) is 0 Å². The first-order valence-corrected chi connectivity index (χ1v) is 12.7. The first-order valence-electron chi connectivity index (χ1n) is 12.7. The maximum absolute atomic E-state index is 14.4. The van der Waals surface area contributed by atoms with Gasteiger partial charge < -0.3 is 19.5 Å². The Morgan fingerprint density at radius 3 is 2.36 bits per heavy atom. The average molecular weight is 602 g/mol. The molecule has 8 nitrogen and oxygen atoms in total. The predicted molar refractivity (Wildman–Crippen MR) is 134 cm³/mol. The number of rotatable bonds is 6. The Labute approximate surface area is 235 Å². The van der Waals surface area contributed by atoms with Gasteiger partial charge in [-0.05, 0) is 44.9 Å². The number of ether oxygens (including phenoxy) is 1. The second-order valence-electron chi connectivity index (χ2n) is 10.7. The van der Waals surface area contributed by atoms with E-state index in [1.165, 1.54) is 11.0 Å². The Kier molecular flexibility index (Phi) is 8.51. The van der Waals surface area contributed by atoms with Crippen molar-refractivity contribution in [3.8, 4) is 11.3 Å². The number of alkyl halides is 3. The lowest BCUT2D eigenvalue weighted by molar-refractivity contribution is -0.148. The number of nitrogens with zero attached hydrogens (tertiary/aromatic N) is 4. The highest BCUT2D eigenvalue weighted by Crippen LogP contribution is 2.36. The van der Waals surface area contributed by atoms with Crippen LogP contribution in [-0.4, -0.2) is 49.6 Å². The van der Waals surface area contributed by atoms with Crippen LogP contribution in [0.4, 0.5) is 35.5 Å². The van der Waals surface area contributed by atoms with E-state index in [-0.39, 0.29) is 42.1 Å². The van der Waals surface area contributed by atoms with Crippen molar-refractivity contribution in [2.45, 2.75) is 64.5 Å². The number of hydrogen-bond donors (Lipinski definition) is 1. The van der Waals surface area contributed by atoms with Crippen LogP contribution in [0.15, 0.2) is 30.5 Å². The number of carbonyl (C=O) groups excluding carboxylic acids is 2. The molecule has 226 valence electrons. The quantitative estimate of drug-likeness (QED) is 0.233. The van der Waals surface area contributed by atoms with Gasteiger partial charge in [-0.15, -0.1) is 0 Å². The standard InChI is InChI=1S/C27H26F7N5O3/c1-26(2,3)42-25(41)36-16(8-15-9-18(29)19(30)12-17(15)28)11-22(40)38-6-7-39-20(13-38)23(37-24(39)27(32,33)34)14-4-5-35-21(31)10-14/h4-5,9-10,12,16H,6-8,11,13H2,1-3H3,(H,36,41). The number of imidazole rings is 1. The maximum atomic E-state index is 14.4. The van der Waals surface area contributed by atoms with E-state index in [1.807, 2.05) is 0 Å². The number of pyridine rings is 1. The number of amides is 2. The van der Waals surface area contributed by atoms with E-state index >= 15 is 0 Å². The molecule has 3 aromatic rings. The topological polar surface area (TPSA) is 89.4 Å². The molecule has 2 amide bonds. The normalized spacial score (nSPS) is 14.4. The van der Waals surface area contributed by atoms with Gasteiger partial charge in [0.05, 0.1) is 17.9 Å². The van der Waals surface area contributed by atoms with Gasteiger partial charge >= 0.3 is 12.3 Å². The molecule has 0 spiro atoms. The fourth-order valence-electron chi connectivity index (χ4n) is 4.55. The van der Waals surface area contributed by atoms with Crippen LogP contribution >= 0.6 is 0 Å². The van der Waals surface area contributed by atoms with Crippen molar-refractivity contribution >= 4 is 12.0 Å². The fourth-order valence-corrected chi connectivity index (χ4v) is 4.55. The Morgan fingerprint density at radius 2 is 1.71 bits per heavy atom. The molecule has 1 N–H and O–H groups in total. The van der Waals surface area contributed by atoms with Crippen LogP contribution in [0.25, 0.3) is 11.3 Å². The van der Waals surface area contributed by atoms with Gasteiger partial charge in [0.15, 0.2) is 11.6 Å². The molecular formula is C27H26F7N5O3. The summed E-state index contributed by atoms with van der Waals surface area (Å²) in [5.41, 5.74) is -1.43. The molecule has 0 fully saturated rings. The molecule has 1 aromatic carbocycles. The Hall–Kier alpha value is -4.17. The van der Waals surface area contributed by atoms with Crippen molar-refractivity contribution in [2.24, 2.45) is 0 Å². The van der Waals surface area contributed by atoms with E-state index < -0.39 is 71.9 Å². The first kappa shape index (κ1) is 30.8. The van der Waals surface area contributed by atoms with Crippen molar-refractivity contribution < 1.29 is 45.1 Å². The smallest absolute Gasteiger partial charge is 0.444 e. The molecule has 42 heavy (non-hydrogen) atoms. The summed E-state index contributed by atoms with van der Waals surface area (Å²) in [6, 6.07) is 1.98.